The van der Waals surface area contributed by atoms with Gasteiger partial charge in [0, 0.05) is 5.71 Å². The van der Waals surface area contributed by atoms with Crippen LogP contribution in [-0.2, 0) is 0 Å². The minimum atomic E-state index is 0.276. The van der Waals surface area contributed by atoms with Gasteiger partial charge in [0.1, 0.15) is 0 Å². The number of nitrogens with zero attached hydrogens (tertiary/aromatic N) is 1. The minimum Gasteiger partial charge on any atom is -0.286 e. The second-order valence-electron chi connectivity index (χ2n) is 4.01. The van der Waals surface area contributed by atoms with E-state index in [0.29, 0.717) is 5.92 Å². The molecule has 0 bridgehead atoms. The molecule has 0 N–H and O–H groups in total. The summed E-state index contributed by atoms with van der Waals surface area (Å²) in [5, 5.41) is 0. The lowest BCUT2D eigenvalue weighted by molar-refractivity contribution is 0.783. The van der Waals surface area contributed by atoms with Gasteiger partial charge in [0.25, 0.3) is 0 Å². The van der Waals surface area contributed by atoms with Crippen LogP contribution in [0.2, 0.25) is 0 Å². The summed E-state index contributed by atoms with van der Waals surface area (Å²) in [4.78, 5) is 4.66. The van der Waals surface area contributed by atoms with Gasteiger partial charge in [0.05, 0.1) is 6.04 Å². The van der Waals surface area contributed by atoms with Gasteiger partial charge in [-0.25, -0.2) is 0 Å². The van der Waals surface area contributed by atoms with Crippen molar-refractivity contribution in [2.45, 2.75) is 33.7 Å². The highest BCUT2D eigenvalue weighted by Gasteiger charge is 2.04. The maximum atomic E-state index is 4.66. The molecule has 1 nitrogen and oxygen atoms in total. The lowest BCUT2D eigenvalue weighted by atomic mass is 10.1. The Balaban J connectivity index is 2.77. The molecule has 0 aliphatic heterocycles. The van der Waals surface area contributed by atoms with Crippen molar-refractivity contribution in [3.05, 3.63) is 35.9 Å². The minimum absolute atomic E-state index is 0.276. The van der Waals surface area contributed by atoms with Gasteiger partial charge in [-0.1, -0.05) is 44.2 Å². The van der Waals surface area contributed by atoms with Gasteiger partial charge >= 0.3 is 0 Å². The van der Waals surface area contributed by atoms with Crippen LogP contribution in [0.3, 0.4) is 0 Å². The van der Waals surface area contributed by atoms with E-state index in [9.17, 15) is 0 Å². The molecular weight excluding hydrogens is 170 g/mol. The van der Waals surface area contributed by atoms with Crippen molar-refractivity contribution < 1.29 is 0 Å². The molecule has 0 aliphatic rings. The van der Waals surface area contributed by atoms with E-state index in [-0.39, 0.29) is 6.04 Å². The highest BCUT2D eigenvalue weighted by molar-refractivity contribution is 5.83. The second kappa shape index (κ2) is 4.94. The van der Waals surface area contributed by atoms with Crippen molar-refractivity contribution in [2.24, 2.45) is 10.9 Å². The predicted molar refractivity (Wildman–Crippen MR) is 62.8 cm³/mol. The number of hydrogen-bond acceptors (Lipinski definition) is 1. The smallest absolute Gasteiger partial charge is 0.0720 e. The van der Waals surface area contributed by atoms with Crippen molar-refractivity contribution in [3.63, 3.8) is 0 Å². The summed E-state index contributed by atoms with van der Waals surface area (Å²) in [6.07, 6.45) is 0. The van der Waals surface area contributed by atoms with Crippen LogP contribution in [0.15, 0.2) is 35.3 Å². The first-order chi connectivity index (χ1) is 6.61. The molecule has 0 saturated heterocycles. The Kier molecular flexibility index (Phi) is 3.87. The topological polar surface area (TPSA) is 12.4 Å². The third-order valence-corrected chi connectivity index (χ3v) is 2.51. The molecule has 0 unspecified atom stereocenters. The molecule has 0 aliphatic carbocycles. The number of hydrogen-bond donors (Lipinski definition) is 0. The van der Waals surface area contributed by atoms with E-state index >= 15 is 0 Å². The van der Waals surface area contributed by atoms with Gasteiger partial charge in [-0.3, -0.25) is 4.99 Å². The highest BCUT2D eigenvalue weighted by Crippen LogP contribution is 2.17. The quantitative estimate of drug-likeness (QED) is 0.640. The molecule has 14 heavy (non-hydrogen) atoms. The molecule has 0 heterocycles. The molecule has 0 saturated carbocycles. The van der Waals surface area contributed by atoms with Crippen LogP contribution in [0.1, 0.15) is 39.3 Å². The molecule has 0 radical (unpaired) electrons. The lowest BCUT2D eigenvalue weighted by Gasteiger charge is -2.10. The lowest BCUT2D eigenvalue weighted by Crippen LogP contribution is -2.04. The fourth-order valence-corrected chi connectivity index (χ4v) is 1.26. The fraction of sp³-hybridized carbons (Fsp3) is 0.462. The van der Waals surface area contributed by atoms with E-state index in [1.54, 1.807) is 0 Å². The Hall–Kier alpha value is -1.11. The van der Waals surface area contributed by atoms with E-state index in [0.717, 1.165) is 0 Å². The summed E-state index contributed by atoms with van der Waals surface area (Å²) in [5.74, 6) is 0.543. The van der Waals surface area contributed by atoms with E-state index in [4.69, 9.17) is 0 Å². The molecular formula is C13H19N. The molecule has 0 fully saturated rings. The van der Waals surface area contributed by atoms with Gasteiger partial charge in [-0.2, -0.15) is 0 Å². The molecule has 1 aromatic carbocycles. The van der Waals surface area contributed by atoms with E-state index < -0.39 is 0 Å². The first-order valence-electron chi connectivity index (χ1n) is 5.20. The summed E-state index contributed by atoms with van der Waals surface area (Å²) >= 11 is 0. The average molecular weight is 189 g/mol. The van der Waals surface area contributed by atoms with Crippen LogP contribution >= 0.6 is 0 Å². The monoisotopic (exact) mass is 189 g/mol. The van der Waals surface area contributed by atoms with Crippen LogP contribution in [0.5, 0.6) is 0 Å². The zero-order valence-corrected chi connectivity index (χ0v) is 9.49. The van der Waals surface area contributed by atoms with E-state index in [1.165, 1.54) is 11.3 Å². The number of aliphatic imine (C=N–C) groups is 1. The zero-order chi connectivity index (χ0) is 10.6. The Morgan fingerprint density at radius 1 is 1.07 bits per heavy atom. The molecule has 1 heteroatoms. The van der Waals surface area contributed by atoms with Crippen LogP contribution in [0, 0.1) is 5.92 Å². The molecule has 0 spiro atoms. The van der Waals surface area contributed by atoms with Crippen molar-refractivity contribution in [1.82, 2.24) is 0 Å². The first-order valence-corrected chi connectivity index (χ1v) is 5.20. The van der Waals surface area contributed by atoms with Crippen molar-refractivity contribution >= 4 is 5.71 Å². The maximum Gasteiger partial charge on any atom is 0.0720 e. The van der Waals surface area contributed by atoms with Gasteiger partial charge in [0.15, 0.2) is 0 Å². The number of benzene rings is 1. The Morgan fingerprint density at radius 3 is 2.14 bits per heavy atom. The second-order valence-corrected chi connectivity index (χ2v) is 4.01. The Morgan fingerprint density at radius 2 is 1.64 bits per heavy atom. The summed E-state index contributed by atoms with van der Waals surface area (Å²) in [7, 11) is 0. The highest BCUT2D eigenvalue weighted by atomic mass is 14.8. The SMILES string of the molecule is CC(=N[C@@H](C)c1ccccc1)C(C)C. The molecule has 1 rings (SSSR count). The zero-order valence-electron chi connectivity index (χ0n) is 9.49. The normalized spacial score (nSPS) is 14.5. The first kappa shape index (κ1) is 11.0. The van der Waals surface area contributed by atoms with Gasteiger partial charge < -0.3 is 0 Å². The maximum absolute atomic E-state index is 4.66. The fourth-order valence-electron chi connectivity index (χ4n) is 1.26. The van der Waals surface area contributed by atoms with Crippen molar-refractivity contribution in [2.75, 3.05) is 0 Å². The molecule has 76 valence electrons. The largest absolute Gasteiger partial charge is 0.286 e. The van der Waals surface area contributed by atoms with Gasteiger partial charge in [-0.05, 0) is 25.3 Å². The third kappa shape index (κ3) is 2.99. The van der Waals surface area contributed by atoms with Gasteiger partial charge in [0.2, 0.25) is 0 Å². The molecule has 1 atom stereocenters. The van der Waals surface area contributed by atoms with Crippen molar-refractivity contribution in [1.29, 1.82) is 0 Å². The van der Waals surface area contributed by atoms with Crippen LogP contribution in [-0.4, -0.2) is 5.71 Å². The third-order valence-electron chi connectivity index (χ3n) is 2.51. The number of rotatable bonds is 3. The van der Waals surface area contributed by atoms with Crippen LogP contribution in [0.4, 0.5) is 0 Å². The summed E-state index contributed by atoms with van der Waals surface area (Å²) in [6, 6.07) is 10.7. The summed E-state index contributed by atoms with van der Waals surface area (Å²) < 4.78 is 0. The Bertz CT molecular complexity index is 298. The molecule has 0 aromatic heterocycles. The van der Waals surface area contributed by atoms with E-state index in [2.05, 4.69) is 57.0 Å². The van der Waals surface area contributed by atoms with E-state index in [1.807, 2.05) is 6.07 Å². The Labute approximate surface area is 86.9 Å². The summed E-state index contributed by atoms with van der Waals surface area (Å²) in [5.41, 5.74) is 2.51. The van der Waals surface area contributed by atoms with Crippen LogP contribution in [0.25, 0.3) is 0 Å². The predicted octanol–water partition coefficient (Wildman–Crippen LogP) is 3.86. The standard InChI is InChI=1S/C13H19N/c1-10(2)11(3)14-12(4)13-8-6-5-7-9-13/h5-10,12H,1-4H3/t12-/m0/s1. The molecule has 0 amide bonds. The average Bonchev–Trinajstić information content (AvgIpc) is 2.19. The molecule has 1 aromatic rings. The van der Waals surface area contributed by atoms with Crippen molar-refractivity contribution in [3.8, 4) is 0 Å². The van der Waals surface area contributed by atoms with Gasteiger partial charge in [-0.15, -0.1) is 0 Å². The van der Waals surface area contributed by atoms with Crippen LogP contribution < -0.4 is 0 Å². The summed E-state index contributed by atoms with van der Waals surface area (Å²) in [6.45, 7) is 8.60.